The average Bonchev–Trinajstić information content (AvgIpc) is 3.15. The van der Waals surface area contributed by atoms with Crippen molar-refractivity contribution in [3.63, 3.8) is 0 Å². The van der Waals surface area contributed by atoms with E-state index in [1.54, 1.807) is 0 Å². The van der Waals surface area contributed by atoms with E-state index in [9.17, 15) is 9.18 Å². The van der Waals surface area contributed by atoms with E-state index in [1.807, 2.05) is 6.07 Å². The van der Waals surface area contributed by atoms with Crippen LogP contribution in [0.5, 0.6) is 5.75 Å². The molecule has 0 spiro atoms. The van der Waals surface area contributed by atoms with Gasteiger partial charge in [-0.2, -0.15) is 0 Å². The quantitative estimate of drug-likeness (QED) is 0.686. The van der Waals surface area contributed by atoms with E-state index in [0.717, 1.165) is 44.1 Å². The molecule has 2 atom stereocenters. The highest BCUT2D eigenvalue weighted by atomic mass is 35.5. The highest BCUT2D eigenvalue weighted by molar-refractivity contribution is 6.31. The van der Waals surface area contributed by atoms with Crippen LogP contribution in [-0.2, 0) is 11.2 Å². The van der Waals surface area contributed by atoms with Crippen LogP contribution in [0.15, 0.2) is 12.1 Å². The Bertz CT molecular complexity index is 735. The van der Waals surface area contributed by atoms with E-state index >= 15 is 0 Å². The Morgan fingerprint density at radius 3 is 2.62 bits per heavy atom. The largest absolute Gasteiger partial charge is 0.489 e. The Balaban J connectivity index is 1.65. The van der Waals surface area contributed by atoms with E-state index in [4.69, 9.17) is 21.4 Å². The molecule has 1 aliphatic heterocycles. The average molecular weight is 427 g/mol. The zero-order valence-electron chi connectivity index (χ0n) is 17.5. The molecule has 2 N–H and O–H groups in total. The van der Waals surface area contributed by atoms with Crippen molar-refractivity contribution in [3.05, 3.63) is 28.5 Å². The summed E-state index contributed by atoms with van der Waals surface area (Å²) in [5, 5.41) is 12.2. The first-order valence-corrected chi connectivity index (χ1v) is 10.9. The number of hydrogen-bond donors (Lipinski definition) is 2. The van der Waals surface area contributed by atoms with Gasteiger partial charge in [-0.3, -0.25) is 4.79 Å². The van der Waals surface area contributed by atoms with Crippen LogP contribution in [0.2, 0.25) is 5.02 Å². The number of hydrogen-bond acceptors (Lipinski definition) is 4. The fourth-order valence-corrected chi connectivity index (χ4v) is 5.04. The van der Waals surface area contributed by atoms with E-state index in [1.165, 1.54) is 6.07 Å². The molecule has 0 unspecified atom stereocenters. The lowest BCUT2D eigenvalue weighted by Gasteiger charge is -2.45. The third kappa shape index (κ3) is 5.04. The van der Waals surface area contributed by atoms with Crippen LogP contribution in [0.25, 0.3) is 0 Å². The molecule has 3 rings (SSSR count). The minimum atomic E-state index is -0.891. The number of halogens is 2. The molecule has 1 aromatic carbocycles. The second-order valence-corrected chi connectivity index (χ2v) is 9.15. The molecule has 1 saturated heterocycles. The Hall–Kier alpha value is -1.37. The molecule has 2 fully saturated rings. The Morgan fingerprint density at radius 2 is 2.07 bits per heavy atom. The number of carboxylic acids is 1. The first-order valence-electron chi connectivity index (χ1n) is 10.5. The minimum absolute atomic E-state index is 0.172. The van der Waals surface area contributed by atoms with E-state index < -0.39 is 17.8 Å². The molecule has 7 heteroatoms. The van der Waals surface area contributed by atoms with Gasteiger partial charge in [0.2, 0.25) is 0 Å². The Morgan fingerprint density at radius 1 is 1.38 bits per heavy atom. The zero-order valence-corrected chi connectivity index (χ0v) is 18.3. The number of nitrogens with one attached hydrogen (secondary N) is 1. The third-order valence-corrected chi connectivity index (χ3v) is 7.34. The summed E-state index contributed by atoms with van der Waals surface area (Å²) in [6.45, 7) is 2.68. The van der Waals surface area contributed by atoms with Crippen LogP contribution in [0.4, 0.5) is 4.39 Å². The highest BCUT2D eigenvalue weighted by Crippen LogP contribution is 2.40. The Labute approximate surface area is 177 Å². The standard InChI is InChI=1S/C22H32ClFN2O3/c1-4-22(26(2)3)7-5-14(6-8-22)9-15-10-16(11-18(24)20(15)23)29-17-12-19(21(27)28)25-13-17/h10-11,14,17,19,25H,4-9,12-13H2,1-3H3,(H,27,28)/t14?,17-,19-,22?/m0/s1. The van der Waals surface area contributed by atoms with Gasteiger partial charge in [0.15, 0.2) is 0 Å². The number of carboxylic acid groups (broad SMARTS) is 1. The molecule has 1 saturated carbocycles. The second-order valence-electron chi connectivity index (χ2n) is 8.77. The number of aliphatic carboxylic acids is 1. The van der Waals surface area contributed by atoms with Crippen molar-refractivity contribution >= 4 is 17.6 Å². The van der Waals surface area contributed by atoms with Crippen molar-refractivity contribution in [1.82, 2.24) is 10.2 Å². The van der Waals surface area contributed by atoms with Crippen LogP contribution < -0.4 is 10.1 Å². The molecule has 0 amide bonds. The molecule has 5 nitrogen and oxygen atoms in total. The predicted molar refractivity (Wildman–Crippen MR) is 112 cm³/mol. The maximum absolute atomic E-state index is 14.4. The normalized spacial score (nSPS) is 29.9. The van der Waals surface area contributed by atoms with Crippen molar-refractivity contribution in [3.8, 4) is 5.75 Å². The van der Waals surface area contributed by atoms with Gasteiger partial charge >= 0.3 is 5.97 Å². The topological polar surface area (TPSA) is 61.8 Å². The molecule has 162 valence electrons. The number of benzene rings is 1. The lowest BCUT2D eigenvalue weighted by atomic mass is 9.72. The van der Waals surface area contributed by atoms with E-state index in [0.29, 0.717) is 24.6 Å². The summed E-state index contributed by atoms with van der Waals surface area (Å²) in [7, 11) is 4.31. The first-order chi connectivity index (χ1) is 13.7. The number of nitrogens with zero attached hydrogens (tertiary/aromatic N) is 1. The SMILES string of the molecule is CCC1(N(C)C)CCC(Cc2cc(O[C@@H]3CN[C@H](C(=O)O)C3)cc(F)c2Cl)CC1. The number of ether oxygens (including phenoxy) is 1. The van der Waals surface area contributed by atoms with Gasteiger partial charge in [0, 0.05) is 24.6 Å². The van der Waals surface area contributed by atoms with Crippen molar-refractivity contribution in [2.45, 2.75) is 69.6 Å². The van der Waals surface area contributed by atoms with Crippen LogP contribution in [0, 0.1) is 11.7 Å². The van der Waals surface area contributed by atoms with E-state index in [-0.39, 0.29) is 16.7 Å². The van der Waals surface area contributed by atoms with Crippen LogP contribution in [-0.4, -0.2) is 54.3 Å². The molecule has 0 radical (unpaired) electrons. The summed E-state index contributed by atoms with van der Waals surface area (Å²) in [6.07, 6.45) is 6.43. The monoisotopic (exact) mass is 426 g/mol. The van der Waals surface area contributed by atoms with Gasteiger partial charge in [0.05, 0.1) is 5.02 Å². The van der Waals surface area contributed by atoms with Gasteiger partial charge in [-0.05, 0) is 70.2 Å². The molecule has 1 heterocycles. The molecule has 1 aromatic rings. The lowest BCUT2D eigenvalue weighted by molar-refractivity contribution is -0.139. The molecular weight excluding hydrogens is 395 g/mol. The van der Waals surface area contributed by atoms with Gasteiger partial charge in [-0.25, -0.2) is 4.39 Å². The third-order valence-electron chi connectivity index (χ3n) is 6.92. The van der Waals surface area contributed by atoms with Crippen LogP contribution in [0.1, 0.15) is 51.0 Å². The van der Waals surface area contributed by atoms with Crippen molar-refractivity contribution < 1.29 is 19.0 Å². The second kappa shape index (κ2) is 9.19. The molecule has 0 bridgehead atoms. The number of carbonyl (C=O) groups is 1. The minimum Gasteiger partial charge on any atom is -0.489 e. The smallest absolute Gasteiger partial charge is 0.320 e. The summed E-state index contributed by atoms with van der Waals surface area (Å²) in [5.74, 6) is -0.470. The fraction of sp³-hybridized carbons (Fsp3) is 0.682. The lowest BCUT2D eigenvalue weighted by Crippen LogP contribution is -2.46. The molecule has 0 aromatic heterocycles. The molecule has 1 aliphatic carbocycles. The first kappa shape index (κ1) is 22.3. The summed E-state index contributed by atoms with van der Waals surface area (Å²) in [6, 6.07) is 2.51. The fourth-order valence-electron chi connectivity index (χ4n) is 4.86. The van der Waals surface area contributed by atoms with Gasteiger partial charge < -0.3 is 20.1 Å². The van der Waals surface area contributed by atoms with Crippen molar-refractivity contribution in [2.75, 3.05) is 20.6 Å². The summed E-state index contributed by atoms with van der Waals surface area (Å²) in [4.78, 5) is 13.4. The number of rotatable bonds is 7. The molecule has 2 aliphatic rings. The molecular formula is C22H32ClFN2O3. The maximum atomic E-state index is 14.4. The van der Waals surface area contributed by atoms with Crippen LogP contribution in [0.3, 0.4) is 0 Å². The highest BCUT2D eigenvalue weighted by Gasteiger charge is 2.36. The van der Waals surface area contributed by atoms with Gasteiger partial charge in [0.1, 0.15) is 23.7 Å². The summed E-state index contributed by atoms with van der Waals surface area (Å²) >= 11 is 6.27. The van der Waals surface area contributed by atoms with Crippen LogP contribution >= 0.6 is 11.6 Å². The zero-order chi connectivity index (χ0) is 21.2. The van der Waals surface area contributed by atoms with Crippen molar-refractivity contribution in [2.24, 2.45) is 5.92 Å². The summed E-state index contributed by atoms with van der Waals surface area (Å²) < 4.78 is 20.3. The van der Waals surface area contributed by atoms with Crippen molar-refractivity contribution in [1.29, 1.82) is 0 Å². The molecule has 29 heavy (non-hydrogen) atoms. The van der Waals surface area contributed by atoms with Gasteiger partial charge in [-0.15, -0.1) is 0 Å². The predicted octanol–water partition coefficient (Wildman–Crippen LogP) is 4.12. The van der Waals surface area contributed by atoms with E-state index in [2.05, 4.69) is 31.2 Å². The maximum Gasteiger partial charge on any atom is 0.320 e. The summed E-state index contributed by atoms with van der Waals surface area (Å²) in [5.41, 5.74) is 1.05. The Kier molecular flexibility index (Phi) is 7.07. The van der Waals surface area contributed by atoms with Gasteiger partial charge in [0.25, 0.3) is 0 Å². The van der Waals surface area contributed by atoms with Gasteiger partial charge in [-0.1, -0.05) is 18.5 Å².